The predicted molar refractivity (Wildman–Crippen MR) is 70.6 cm³/mol. The van der Waals surface area contributed by atoms with Crippen molar-refractivity contribution in [2.24, 2.45) is 11.7 Å². The molecule has 1 aliphatic rings. The number of carbonyl (C=O) groups excluding carboxylic acids is 1. The van der Waals surface area contributed by atoms with Crippen molar-refractivity contribution >= 4 is 12.0 Å². The minimum Gasteiger partial charge on any atom is -0.444 e. The van der Waals surface area contributed by atoms with Crippen molar-refractivity contribution < 1.29 is 9.53 Å². The minimum absolute atomic E-state index is 0.143. The Hall–Kier alpha value is -1.63. The number of ether oxygens (including phenoxy) is 1. The molecular weight excluding hydrogens is 246 g/mol. The maximum atomic E-state index is 11.6. The Morgan fingerprint density at radius 1 is 1.53 bits per heavy atom. The zero-order valence-electron chi connectivity index (χ0n) is 11.8. The molecule has 1 aromatic rings. The van der Waals surface area contributed by atoms with Crippen LogP contribution in [-0.4, -0.2) is 26.5 Å². The monoisotopic (exact) mass is 267 g/mol. The van der Waals surface area contributed by atoms with Crippen LogP contribution in [0.15, 0.2) is 0 Å². The number of anilines is 1. The molecule has 0 spiro atoms. The number of fused-ring (bicyclic) bond motifs is 1. The predicted octanol–water partition coefficient (Wildman–Crippen LogP) is 1.66. The Morgan fingerprint density at radius 3 is 2.84 bits per heavy atom. The van der Waals surface area contributed by atoms with E-state index in [1.165, 1.54) is 0 Å². The number of aryl methyl sites for hydroxylation is 1. The number of amides is 1. The van der Waals surface area contributed by atoms with Gasteiger partial charge in [0.25, 0.3) is 5.95 Å². The average molecular weight is 267 g/mol. The second-order valence-corrected chi connectivity index (χ2v) is 5.94. The summed E-state index contributed by atoms with van der Waals surface area (Å²) in [4.78, 5) is 15.9. The summed E-state index contributed by atoms with van der Waals surface area (Å²) >= 11 is 0. The van der Waals surface area contributed by atoms with Crippen molar-refractivity contribution in [3.05, 3.63) is 5.82 Å². The van der Waals surface area contributed by atoms with E-state index in [1.807, 2.05) is 0 Å². The topological polar surface area (TPSA) is 95.1 Å². The van der Waals surface area contributed by atoms with Gasteiger partial charge in [0.2, 0.25) is 0 Å². The van der Waals surface area contributed by atoms with Crippen molar-refractivity contribution in [3.8, 4) is 0 Å². The summed E-state index contributed by atoms with van der Waals surface area (Å²) in [5, 5.41) is 6.75. The van der Waals surface area contributed by atoms with Crippen LogP contribution in [0.4, 0.5) is 10.7 Å². The fourth-order valence-electron chi connectivity index (χ4n) is 1.97. The van der Waals surface area contributed by atoms with Crippen LogP contribution in [0.25, 0.3) is 0 Å². The lowest BCUT2D eigenvalue weighted by Gasteiger charge is -2.24. The number of hydrogen-bond donors (Lipinski definition) is 2. The molecule has 0 saturated carbocycles. The second kappa shape index (κ2) is 4.80. The molecule has 7 nitrogen and oxygen atoms in total. The Kier molecular flexibility index (Phi) is 3.49. The van der Waals surface area contributed by atoms with Crippen LogP contribution in [0.5, 0.6) is 0 Å². The number of hydrogen-bond acceptors (Lipinski definition) is 5. The largest absolute Gasteiger partial charge is 0.444 e. The molecule has 0 aromatic carbocycles. The van der Waals surface area contributed by atoms with E-state index in [1.54, 1.807) is 25.5 Å². The standard InChI is InChI=1S/C12H21N5O2/c1-7-5-6-17-9(8(7)13)14-10(16-17)15-11(18)19-12(2,3)4/h7-8H,5-6,13H2,1-4H3,(H,15,16,18). The molecule has 3 N–H and O–H groups in total. The molecule has 0 aliphatic carbocycles. The van der Waals surface area contributed by atoms with Gasteiger partial charge in [0.1, 0.15) is 11.4 Å². The first-order valence-corrected chi connectivity index (χ1v) is 6.46. The van der Waals surface area contributed by atoms with Gasteiger partial charge in [-0.2, -0.15) is 4.98 Å². The molecule has 1 aromatic heterocycles. The highest BCUT2D eigenvalue weighted by Gasteiger charge is 2.27. The third kappa shape index (κ3) is 3.23. The molecule has 0 fully saturated rings. The first kappa shape index (κ1) is 13.8. The van der Waals surface area contributed by atoms with Gasteiger partial charge in [-0.1, -0.05) is 6.92 Å². The number of aromatic nitrogens is 3. The van der Waals surface area contributed by atoms with Gasteiger partial charge in [-0.3, -0.25) is 5.32 Å². The van der Waals surface area contributed by atoms with Crippen molar-refractivity contribution in [2.75, 3.05) is 5.32 Å². The summed E-state index contributed by atoms with van der Waals surface area (Å²) in [6.45, 7) is 8.26. The highest BCUT2D eigenvalue weighted by atomic mass is 16.6. The summed E-state index contributed by atoms with van der Waals surface area (Å²) < 4.78 is 6.90. The van der Waals surface area contributed by atoms with Gasteiger partial charge in [0.15, 0.2) is 0 Å². The lowest BCUT2D eigenvalue weighted by molar-refractivity contribution is 0.0634. The maximum absolute atomic E-state index is 11.6. The van der Waals surface area contributed by atoms with Crippen LogP contribution >= 0.6 is 0 Å². The molecule has 2 rings (SSSR count). The Bertz CT molecular complexity index is 477. The van der Waals surface area contributed by atoms with Crippen LogP contribution in [0.1, 0.15) is 46.0 Å². The average Bonchev–Trinajstić information content (AvgIpc) is 2.64. The first-order chi connectivity index (χ1) is 8.76. The van der Waals surface area contributed by atoms with Crippen LogP contribution in [-0.2, 0) is 11.3 Å². The van der Waals surface area contributed by atoms with E-state index in [2.05, 4.69) is 22.3 Å². The van der Waals surface area contributed by atoms with Crippen LogP contribution in [0.3, 0.4) is 0 Å². The van der Waals surface area contributed by atoms with Gasteiger partial charge >= 0.3 is 6.09 Å². The van der Waals surface area contributed by atoms with E-state index < -0.39 is 11.7 Å². The molecule has 19 heavy (non-hydrogen) atoms. The molecule has 1 aliphatic heterocycles. The number of nitrogens with one attached hydrogen (secondary N) is 1. The molecule has 0 radical (unpaired) electrons. The second-order valence-electron chi connectivity index (χ2n) is 5.94. The van der Waals surface area contributed by atoms with E-state index >= 15 is 0 Å². The number of carbonyl (C=O) groups is 1. The lowest BCUT2D eigenvalue weighted by Crippen LogP contribution is -2.29. The third-order valence-corrected chi connectivity index (χ3v) is 3.02. The van der Waals surface area contributed by atoms with Gasteiger partial charge in [-0.15, -0.1) is 5.10 Å². The van der Waals surface area contributed by atoms with Gasteiger partial charge in [0.05, 0.1) is 6.04 Å². The number of nitrogens with zero attached hydrogens (tertiary/aromatic N) is 3. The summed E-state index contributed by atoms with van der Waals surface area (Å²) in [5.74, 6) is 1.32. The fraction of sp³-hybridized carbons (Fsp3) is 0.750. The molecule has 106 valence electrons. The maximum Gasteiger partial charge on any atom is 0.414 e. The van der Waals surface area contributed by atoms with Gasteiger partial charge in [0, 0.05) is 6.54 Å². The Balaban J connectivity index is 2.07. The van der Waals surface area contributed by atoms with Crippen LogP contribution in [0, 0.1) is 5.92 Å². The molecule has 0 bridgehead atoms. The SMILES string of the molecule is CC1CCn2nc(NC(=O)OC(C)(C)C)nc2C1N. The molecule has 1 amide bonds. The van der Waals surface area contributed by atoms with Gasteiger partial charge in [-0.25, -0.2) is 9.48 Å². The Labute approximate surface area is 112 Å². The van der Waals surface area contributed by atoms with Crippen LogP contribution < -0.4 is 11.1 Å². The zero-order chi connectivity index (χ0) is 14.2. The highest BCUT2D eigenvalue weighted by Crippen LogP contribution is 2.27. The summed E-state index contributed by atoms with van der Waals surface area (Å²) in [5.41, 5.74) is 5.52. The molecule has 0 saturated heterocycles. The number of rotatable bonds is 1. The summed E-state index contributed by atoms with van der Waals surface area (Å²) in [6, 6.07) is -0.143. The third-order valence-electron chi connectivity index (χ3n) is 3.02. The molecule has 2 unspecified atom stereocenters. The van der Waals surface area contributed by atoms with Crippen LogP contribution in [0.2, 0.25) is 0 Å². The van der Waals surface area contributed by atoms with Crippen molar-refractivity contribution in [1.29, 1.82) is 0 Å². The fourth-order valence-corrected chi connectivity index (χ4v) is 1.97. The quantitative estimate of drug-likeness (QED) is 0.807. The van der Waals surface area contributed by atoms with E-state index in [0.717, 1.165) is 13.0 Å². The highest BCUT2D eigenvalue weighted by molar-refractivity contribution is 5.82. The van der Waals surface area contributed by atoms with Crippen molar-refractivity contribution in [2.45, 2.75) is 52.3 Å². The van der Waals surface area contributed by atoms with E-state index in [0.29, 0.717) is 11.7 Å². The van der Waals surface area contributed by atoms with Gasteiger partial charge < -0.3 is 10.5 Å². The zero-order valence-corrected chi connectivity index (χ0v) is 11.8. The van der Waals surface area contributed by atoms with Crippen molar-refractivity contribution in [1.82, 2.24) is 14.8 Å². The van der Waals surface area contributed by atoms with E-state index in [4.69, 9.17) is 10.5 Å². The molecule has 2 heterocycles. The first-order valence-electron chi connectivity index (χ1n) is 6.46. The minimum atomic E-state index is -0.558. The van der Waals surface area contributed by atoms with Gasteiger partial charge in [-0.05, 0) is 33.1 Å². The smallest absolute Gasteiger partial charge is 0.414 e. The van der Waals surface area contributed by atoms with E-state index in [9.17, 15) is 4.79 Å². The summed E-state index contributed by atoms with van der Waals surface area (Å²) in [6.07, 6.45) is 0.403. The lowest BCUT2D eigenvalue weighted by atomic mass is 9.96. The van der Waals surface area contributed by atoms with E-state index in [-0.39, 0.29) is 12.0 Å². The summed E-state index contributed by atoms with van der Waals surface area (Å²) in [7, 11) is 0. The Morgan fingerprint density at radius 2 is 2.21 bits per heavy atom. The molecule has 2 atom stereocenters. The molecule has 7 heteroatoms. The van der Waals surface area contributed by atoms with Crippen molar-refractivity contribution in [3.63, 3.8) is 0 Å². The molecular formula is C12H21N5O2. The number of nitrogens with two attached hydrogens (primary N) is 1. The normalized spacial score (nSPS) is 22.8.